The van der Waals surface area contributed by atoms with E-state index >= 15 is 0 Å². The molecular weight excluding hydrogens is 554 g/mol. The van der Waals surface area contributed by atoms with Crippen LogP contribution >= 0.6 is 0 Å². The van der Waals surface area contributed by atoms with Gasteiger partial charge in [0.05, 0.1) is 24.8 Å². The summed E-state index contributed by atoms with van der Waals surface area (Å²) in [6, 6.07) is 17.9. The van der Waals surface area contributed by atoms with Crippen molar-refractivity contribution < 1.29 is 27.5 Å². The second-order valence-electron chi connectivity index (χ2n) is 11.2. The Kier molecular flexibility index (Phi) is 10.3. The van der Waals surface area contributed by atoms with Gasteiger partial charge in [-0.1, -0.05) is 42.0 Å². The van der Waals surface area contributed by atoms with Crippen LogP contribution in [0.1, 0.15) is 44.4 Å². The summed E-state index contributed by atoms with van der Waals surface area (Å²) < 4.78 is 39.9. The number of nitrogens with zero attached hydrogens (tertiary/aromatic N) is 2. The molecule has 3 aromatic carbocycles. The van der Waals surface area contributed by atoms with Gasteiger partial charge in [0, 0.05) is 18.2 Å². The fourth-order valence-electron chi connectivity index (χ4n) is 4.37. The fraction of sp³-hybridized carbons (Fsp3) is 0.375. The Morgan fingerprint density at radius 1 is 0.905 bits per heavy atom. The van der Waals surface area contributed by atoms with Gasteiger partial charge in [0.2, 0.25) is 11.8 Å². The number of hydrogen-bond acceptors (Lipinski definition) is 6. The molecule has 0 saturated carbocycles. The Bertz CT molecular complexity index is 1510. The van der Waals surface area contributed by atoms with Crippen LogP contribution in [-0.2, 0) is 26.2 Å². The summed E-state index contributed by atoms with van der Waals surface area (Å²) in [5.74, 6) is -0.256. The number of sulfonamides is 1. The number of ether oxygens (including phenoxy) is 2. The molecule has 0 aromatic heterocycles. The van der Waals surface area contributed by atoms with Crippen LogP contribution in [0.15, 0.2) is 71.6 Å². The molecule has 1 N–H and O–H groups in total. The number of anilines is 1. The van der Waals surface area contributed by atoms with Crippen molar-refractivity contribution in [2.75, 3.05) is 25.1 Å². The molecule has 0 spiro atoms. The van der Waals surface area contributed by atoms with Crippen molar-refractivity contribution in [3.05, 3.63) is 83.4 Å². The second-order valence-corrected chi connectivity index (χ2v) is 13.1. The summed E-state index contributed by atoms with van der Waals surface area (Å²) >= 11 is 0. The number of carbonyl (C=O) groups is 2. The first-order valence-electron chi connectivity index (χ1n) is 13.7. The highest BCUT2D eigenvalue weighted by molar-refractivity contribution is 7.92. The molecule has 1 atom stereocenters. The van der Waals surface area contributed by atoms with Crippen molar-refractivity contribution in [1.29, 1.82) is 0 Å². The first kappa shape index (κ1) is 32.5. The molecule has 0 saturated heterocycles. The highest BCUT2D eigenvalue weighted by atomic mass is 32.2. The van der Waals surface area contributed by atoms with Crippen LogP contribution < -0.4 is 19.1 Å². The summed E-state index contributed by atoms with van der Waals surface area (Å²) in [7, 11) is -1.38. The molecule has 0 aliphatic heterocycles. The number of methoxy groups -OCH3 is 2. The van der Waals surface area contributed by atoms with Crippen molar-refractivity contribution in [2.24, 2.45) is 0 Å². The number of carbonyl (C=O) groups excluding carboxylic acids is 2. The zero-order chi connectivity index (χ0) is 31.2. The van der Waals surface area contributed by atoms with Crippen LogP contribution in [0.3, 0.4) is 0 Å². The minimum Gasteiger partial charge on any atom is -0.493 e. The Hall–Kier alpha value is -4.05. The van der Waals surface area contributed by atoms with E-state index in [4.69, 9.17) is 9.47 Å². The van der Waals surface area contributed by atoms with Crippen molar-refractivity contribution >= 4 is 27.5 Å². The van der Waals surface area contributed by atoms with Gasteiger partial charge in [-0.2, -0.15) is 0 Å². The van der Waals surface area contributed by atoms with E-state index in [0.717, 1.165) is 21.0 Å². The molecule has 0 fully saturated rings. The number of nitrogens with one attached hydrogen (secondary N) is 1. The van der Waals surface area contributed by atoms with Gasteiger partial charge in [0.15, 0.2) is 11.5 Å². The third-order valence-corrected chi connectivity index (χ3v) is 8.58. The van der Waals surface area contributed by atoms with Gasteiger partial charge in [-0.3, -0.25) is 13.9 Å². The fourth-order valence-corrected chi connectivity index (χ4v) is 5.80. The molecule has 42 heavy (non-hydrogen) atoms. The standard InChI is InChI=1S/C32H41N3O6S/c1-22-13-15-26(16-14-22)35(42(38,39)27-17-18-28(40-7)29(19-27)41-8)21-30(36)34(20-25-12-10-9-11-23(25)2)24(3)31(37)33-32(4,5)6/h9-19,24H,20-21H2,1-8H3,(H,33,37). The molecule has 10 heteroatoms. The normalized spacial score (nSPS) is 12.3. The minimum atomic E-state index is -4.26. The maximum Gasteiger partial charge on any atom is 0.264 e. The summed E-state index contributed by atoms with van der Waals surface area (Å²) in [5, 5.41) is 2.94. The second kappa shape index (κ2) is 13.3. The summed E-state index contributed by atoms with van der Waals surface area (Å²) in [6.45, 7) is 10.6. The Balaban J connectivity index is 2.09. The highest BCUT2D eigenvalue weighted by Crippen LogP contribution is 2.32. The van der Waals surface area contributed by atoms with E-state index in [0.29, 0.717) is 11.4 Å². The third-order valence-electron chi connectivity index (χ3n) is 6.81. The SMILES string of the molecule is COc1ccc(S(=O)(=O)N(CC(=O)N(Cc2ccccc2C)C(C)C(=O)NC(C)(C)C)c2ccc(C)cc2)cc1OC. The Morgan fingerprint density at radius 3 is 2.10 bits per heavy atom. The lowest BCUT2D eigenvalue weighted by molar-refractivity contribution is -0.140. The smallest absolute Gasteiger partial charge is 0.264 e. The molecule has 0 aliphatic carbocycles. The van der Waals surface area contributed by atoms with E-state index in [2.05, 4.69) is 5.32 Å². The molecule has 0 radical (unpaired) electrons. The summed E-state index contributed by atoms with van der Waals surface area (Å²) in [6.07, 6.45) is 0. The average Bonchev–Trinajstić information content (AvgIpc) is 2.94. The maximum absolute atomic E-state index is 14.1. The first-order valence-corrected chi connectivity index (χ1v) is 15.1. The van der Waals surface area contributed by atoms with Gasteiger partial charge in [-0.25, -0.2) is 8.42 Å². The van der Waals surface area contributed by atoms with E-state index in [1.165, 1.54) is 37.3 Å². The molecule has 1 unspecified atom stereocenters. The van der Waals surface area contributed by atoms with E-state index in [9.17, 15) is 18.0 Å². The van der Waals surface area contributed by atoms with Gasteiger partial charge in [-0.05, 0) is 76.9 Å². The lowest BCUT2D eigenvalue weighted by Gasteiger charge is -2.33. The molecular formula is C32H41N3O6S. The van der Waals surface area contributed by atoms with Crippen LogP contribution in [0, 0.1) is 13.8 Å². The third kappa shape index (κ3) is 7.82. The van der Waals surface area contributed by atoms with E-state index in [1.807, 2.05) is 58.9 Å². The van der Waals surface area contributed by atoms with Crippen molar-refractivity contribution in [3.63, 3.8) is 0 Å². The van der Waals surface area contributed by atoms with Crippen molar-refractivity contribution in [2.45, 2.75) is 64.6 Å². The first-order chi connectivity index (χ1) is 19.7. The van der Waals surface area contributed by atoms with Crippen LogP contribution in [0.2, 0.25) is 0 Å². The summed E-state index contributed by atoms with van der Waals surface area (Å²) in [4.78, 5) is 28.7. The Labute approximate surface area is 249 Å². The molecule has 3 aromatic rings. The summed E-state index contributed by atoms with van der Waals surface area (Å²) in [5.41, 5.74) is 2.53. The largest absolute Gasteiger partial charge is 0.493 e. The van der Waals surface area contributed by atoms with Gasteiger partial charge in [0.1, 0.15) is 12.6 Å². The molecule has 226 valence electrons. The van der Waals surface area contributed by atoms with Gasteiger partial charge in [0.25, 0.3) is 10.0 Å². The number of benzene rings is 3. The number of rotatable bonds is 11. The molecule has 0 aliphatic rings. The quantitative estimate of drug-likeness (QED) is 0.340. The average molecular weight is 596 g/mol. The van der Waals surface area contributed by atoms with Gasteiger partial charge < -0.3 is 19.7 Å². The van der Waals surface area contributed by atoms with Crippen LogP contribution in [0.25, 0.3) is 0 Å². The van der Waals surface area contributed by atoms with Crippen LogP contribution in [-0.4, -0.2) is 57.5 Å². The number of hydrogen-bond donors (Lipinski definition) is 1. The van der Waals surface area contributed by atoms with Crippen molar-refractivity contribution in [3.8, 4) is 11.5 Å². The minimum absolute atomic E-state index is 0.0718. The molecule has 0 bridgehead atoms. The Morgan fingerprint density at radius 2 is 1.52 bits per heavy atom. The monoisotopic (exact) mass is 595 g/mol. The lowest BCUT2D eigenvalue weighted by Crippen LogP contribution is -2.54. The predicted molar refractivity (Wildman–Crippen MR) is 164 cm³/mol. The van der Waals surface area contributed by atoms with E-state index in [-0.39, 0.29) is 23.1 Å². The molecule has 2 amide bonds. The van der Waals surface area contributed by atoms with E-state index < -0.39 is 34.1 Å². The zero-order valence-electron chi connectivity index (χ0n) is 25.6. The number of aryl methyl sites for hydroxylation is 2. The highest BCUT2D eigenvalue weighted by Gasteiger charge is 2.34. The molecule has 0 heterocycles. The number of amides is 2. The molecule has 3 rings (SSSR count). The predicted octanol–water partition coefficient (Wildman–Crippen LogP) is 4.85. The van der Waals surface area contributed by atoms with Crippen LogP contribution in [0.5, 0.6) is 11.5 Å². The topological polar surface area (TPSA) is 105 Å². The van der Waals surface area contributed by atoms with Gasteiger partial charge >= 0.3 is 0 Å². The van der Waals surface area contributed by atoms with E-state index in [1.54, 1.807) is 31.2 Å². The van der Waals surface area contributed by atoms with Crippen molar-refractivity contribution in [1.82, 2.24) is 10.2 Å². The van der Waals surface area contributed by atoms with Gasteiger partial charge in [-0.15, -0.1) is 0 Å². The zero-order valence-corrected chi connectivity index (χ0v) is 26.4. The molecule has 9 nitrogen and oxygen atoms in total. The lowest BCUT2D eigenvalue weighted by atomic mass is 10.1. The maximum atomic E-state index is 14.1. The van der Waals surface area contributed by atoms with Crippen LogP contribution in [0.4, 0.5) is 5.69 Å².